The minimum Gasteiger partial charge on any atom is -0.335 e. The maximum absolute atomic E-state index is 12.8. The van der Waals surface area contributed by atoms with Crippen molar-refractivity contribution in [2.75, 3.05) is 11.9 Å². The van der Waals surface area contributed by atoms with E-state index in [0.29, 0.717) is 23.2 Å². The van der Waals surface area contributed by atoms with Gasteiger partial charge in [0.05, 0.1) is 6.20 Å². The van der Waals surface area contributed by atoms with Crippen molar-refractivity contribution in [2.45, 2.75) is 32.2 Å². The molecule has 2 atom stereocenters. The molecule has 4 rings (SSSR count). The molecule has 6 heteroatoms. The largest absolute Gasteiger partial charge is 0.335 e. The number of hydrogen-bond donors (Lipinski definition) is 1. The van der Waals surface area contributed by atoms with Gasteiger partial charge in [-0.2, -0.15) is 0 Å². The number of likely N-dealkylation sites (tertiary alicyclic amines) is 1. The van der Waals surface area contributed by atoms with Crippen molar-refractivity contribution in [3.8, 4) is 0 Å². The summed E-state index contributed by atoms with van der Waals surface area (Å²) in [4.78, 5) is 34.9. The number of anilines is 1. The molecule has 1 aliphatic carbocycles. The van der Waals surface area contributed by atoms with Crippen LogP contribution in [0.25, 0.3) is 0 Å². The monoisotopic (exact) mass is 336 g/mol. The lowest BCUT2D eigenvalue weighted by Gasteiger charge is -2.44. The number of amides is 2. The highest BCUT2D eigenvalue weighted by molar-refractivity contribution is 6.04. The predicted molar refractivity (Wildman–Crippen MR) is 93.3 cm³/mol. The van der Waals surface area contributed by atoms with Crippen molar-refractivity contribution in [1.29, 1.82) is 0 Å². The first kappa shape index (κ1) is 15.7. The zero-order valence-electron chi connectivity index (χ0n) is 14.1. The Morgan fingerprint density at radius 2 is 2.12 bits per heavy atom. The summed E-state index contributed by atoms with van der Waals surface area (Å²) in [5, 5.41) is 2.83. The van der Waals surface area contributed by atoms with E-state index in [9.17, 15) is 9.59 Å². The quantitative estimate of drug-likeness (QED) is 0.935. The molecule has 1 aromatic heterocycles. The molecule has 128 valence electrons. The van der Waals surface area contributed by atoms with Crippen LogP contribution in [0.5, 0.6) is 0 Å². The summed E-state index contributed by atoms with van der Waals surface area (Å²) in [5.41, 5.74) is 2.39. The Morgan fingerprint density at radius 3 is 2.88 bits per heavy atom. The highest BCUT2D eigenvalue weighted by Gasteiger charge is 2.44. The van der Waals surface area contributed by atoms with Gasteiger partial charge in [-0.05, 0) is 43.4 Å². The van der Waals surface area contributed by atoms with Crippen molar-refractivity contribution in [3.05, 3.63) is 53.6 Å². The van der Waals surface area contributed by atoms with Crippen LogP contribution >= 0.6 is 0 Å². The number of carbonyl (C=O) groups is 2. The minimum atomic E-state index is -0.333. The fourth-order valence-electron chi connectivity index (χ4n) is 3.78. The molecule has 1 aliphatic heterocycles. The van der Waals surface area contributed by atoms with Gasteiger partial charge in [-0.15, -0.1) is 0 Å². The third-order valence-electron chi connectivity index (χ3n) is 5.24. The van der Waals surface area contributed by atoms with E-state index >= 15 is 0 Å². The smallest absolute Gasteiger partial charge is 0.275 e. The lowest BCUT2D eigenvalue weighted by Crippen LogP contribution is -2.55. The molecule has 1 saturated heterocycles. The molecule has 1 N–H and O–H groups in total. The van der Waals surface area contributed by atoms with Crippen LogP contribution in [0, 0.1) is 12.8 Å². The molecule has 6 nitrogen and oxygen atoms in total. The third kappa shape index (κ3) is 2.88. The zero-order chi connectivity index (χ0) is 17.4. The van der Waals surface area contributed by atoms with E-state index in [1.54, 1.807) is 6.07 Å². The van der Waals surface area contributed by atoms with Crippen LogP contribution in [0.4, 0.5) is 5.69 Å². The number of aryl methyl sites for hydroxylation is 1. The van der Waals surface area contributed by atoms with Crippen molar-refractivity contribution in [2.24, 2.45) is 5.92 Å². The molecule has 2 heterocycles. The second kappa shape index (κ2) is 6.27. The van der Waals surface area contributed by atoms with Crippen molar-refractivity contribution >= 4 is 17.5 Å². The van der Waals surface area contributed by atoms with Gasteiger partial charge in [-0.3, -0.25) is 14.6 Å². The van der Waals surface area contributed by atoms with Gasteiger partial charge in [0.15, 0.2) is 0 Å². The lowest BCUT2D eigenvalue weighted by molar-refractivity contribution is 0.0269. The number of aromatic nitrogens is 2. The van der Waals surface area contributed by atoms with Crippen molar-refractivity contribution in [3.63, 3.8) is 0 Å². The first-order valence-electron chi connectivity index (χ1n) is 8.62. The van der Waals surface area contributed by atoms with Gasteiger partial charge in [0.1, 0.15) is 5.69 Å². The third-order valence-corrected chi connectivity index (χ3v) is 5.24. The van der Waals surface area contributed by atoms with Gasteiger partial charge in [-0.1, -0.05) is 12.5 Å². The van der Waals surface area contributed by atoms with Gasteiger partial charge in [-0.25, -0.2) is 4.98 Å². The second-order valence-corrected chi connectivity index (χ2v) is 6.79. The molecular formula is C19H20N4O2. The Balaban J connectivity index is 1.52. The lowest BCUT2D eigenvalue weighted by atomic mass is 9.91. The molecule has 2 fully saturated rings. The number of fused-ring (bicyclic) bond motifs is 1. The van der Waals surface area contributed by atoms with Crippen molar-refractivity contribution < 1.29 is 9.59 Å². The predicted octanol–water partition coefficient (Wildman–Crippen LogP) is 2.66. The Hall–Kier alpha value is -2.76. The summed E-state index contributed by atoms with van der Waals surface area (Å²) >= 11 is 0. The minimum absolute atomic E-state index is 0.0538. The molecular weight excluding hydrogens is 316 g/mol. The standard InChI is InChI=1S/C19H20N4O2/c1-12-5-6-13(19(25)23-11-14-3-2-4-17(14)23)9-15(12)22-18(24)16-10-20-7-8-21-16/h5-10,14,17H,2-4,11H2,1H3,(H,22,24)/t14-,17-/m0/s1. The van der Waals surface area contributed by atoms with Gasteiger partial charge in [0.25, 0.3) is 11.8 Å². The van der Waals surface area contributed by atoms with Gasteiger partial charge >= 0.3 is 0 Å². The topological polar surface area (TPSA) is 75.2 Å². The fraction of sp³-hybridized carbons (Fsp3) is 0.368. The van der Waals surface area contributed by atoms with E-state index < -0.39 is 0 Å². The summed E-state index contributed by atoms with van der Waals surface area (Å²) in [6.45, 7) is 2.76. The summed E-state index contributed by atoms with van der Waals surface area (Å²) in [7, 11) is 0. The average molecular weight is 336 g/mol. The number of carbonyl (C=O) groups excluding carboxylic acids is 2. The Labute approximate surface area is 146 Å². The maximum Gasteiger partial charge on any atom is 0.275 e. The number of hydrogen-bond acceptors (Lipinski definition) is 4. The first-order valence-corrected chi connectivity index (χ1v) is 8.62. The van der Waals surface area contributed by atoms with Crippen molar-refractivity contribution in [1.82, 2.24) is 14.9 Å². The molecule has 0 spiro atoms. The average Bonchev–Trinajstić information content (AvgIpc) is 2.98. The molecule has 1 saturated carbocycles. The molecule has 1 aromatic carbocycles. The summed E-state index contributed by atoms with van der Waals surface area (Å²) < 4.78 is 0. The van der Waals surface area contributed by atoms with Gasteiger partial charge in [0, 0.05) is 36.2 Å². The number of rotatable bonds is 3. The Kier molecular flexibility index (Phi) is 3.95. The van der Waals surface area contributed by atoms with E-state index in [1.807, 2.05) is 24.0 Å². The van der Waals surface area contributed by atoms with E-state index in [4.69, 9.17) is 0 Å². The maximum atomic E-state index is 12.8. The summed E-state index contributed by atoms with van der Waals surface area (Å²) in [6.07, 6.45) is 7.97. The normalized spacial score (nSPS) is 21.4. The highest BCUT2D eigenvalue weighted by atomic mass is 16.2. The van der Waals surface area contributed by atoms with E-state index in [1.165, 1.54) is 31.4 Å². The SMILES string of the molecule is Cc1ccc(C(=O)N2C[C@@H]3CCC[C@@H]32)cc1NC(=O)c1cnccn1. The molecule has 25 heavy (non-hydrogen) atoms. The Bertz CT molecular complexity index is 821. The summed E-state index contributed by atoms with van der Waals surface area (Å²) in [6, 6.07) is 5.86. The molecule has 2 aromatic rings. The number of nitrogens with one attached hydrogen (secondary N) is 1. The molecule has 0 bridgehead atoms. The molecule has 2 amide bonds. The summed E-state index contributed by atoms with van der Waals surface area (Å²) in [5.74, 6) is 0.406. The van der Waals surface area contributed by atoms with Crippen LogP contribution in [0.1, 0.15) is 45.7 Å². The number of nitrogens with zero attached hydrogens (tertiary/aromatic N) is 3. The van der Waals surface area contributed by atoms with Crippen LogP contribution in [-0.2, 0) is 0 Å². The molecule has 0 radical (unpaired) electrons. The zero-order valence-corrected chi connectivity index (χ0v) is 14.1. The van der Waals surface area contributed by atoms with Crippen LogP contribution < -0.4 is 5.32 Å². The highest BCUT2D eigenvalue weighted by Crippen LogP contribution is 2.39. The van der Waals surface area contributed by atoms with Gasteiger partial charge in [0.2, 0.25) is 0 Å². The second-order valence-electron chi connectivity index (χ2n) is 6.79. The number of benzene rings is 1. The molecule has 0 unspecified atom stereocenters. The van der Waals surface area contributed by atoms with Gasteiger partial charge < -0.3 is 10.2 Å². The van der Waals surface area contributed by atoms with Crippen LogP contribution in [0.2, 0.25) is 0 Å². The fourth-order valence-corrected chi connectivity index (χ4v) is 3.78. The van der Waals surface area contributed by atoms with E-state index in [0.717, 1.165) is 18.5 Å². The Morgan fingerprint density at radius 1 is 1.24 bits per heavy atom. The van der Waals surface area contributed by atoms with Crippen LogP contribution in [0.3, 0.4) is 0 Å². The first-order chi connectivity index (χ1) is 12.1. The van der Waals surface area contributed by atoms with Crippen LogP contribution in [-0.4, -0.2) is 39.3 Å². The molecule has 2 aliphatic rings. The van der Waals surface area contributed by atoms with E-state index in [-0.39, 0.29) is 17.5 Å². The van der Waals surface area contributed by atoms with E-state index in [2.05, 4.69) is 15.3 Å². The van der Waals surface area contributed by atoms with Crippen LogP contribution in [0.15, 0.2) is 36.8 Å².